The van der Waals surface area contributed by atoms with Crippen molar-refractivity contribution in [1.29, 1.82) is 0 Å². The molecule has 1 amide bonds. The van der Waals surface area contributed by atoms with Crippen LogP contribution in [0.1, 0.15) is 33.9 Å². The van der Waals surface area contributed by atoms with Gasteiger partial charge in [0.15, 0.2) is 4.34 Å². The number of Topliss-reactive ketones (excluding diaryl/α,β-unsaturated/α-hetero) is 1. The van der Waals surface area contributed by atoms with E-state index < -0.39 is 17.7 Å². The van der Waals surface area contributed by atoms with Crippen LogP contribution in [0, 0.1) is 6.92 Å². The van der Waals surface area contributed by atoms with Gasteiger partial charge in [0.1, 0.15) is 18.1 Å². The molecule has 1 atom stereocenters. The van der Waals surface area contributed by atoms with E-state index in [9.17, 15) is 14.7 Å². The van der Waals surface area contributed by atoms with E-state index >= 15 is 0 Å². The summed E-state index contributed by atoms with van der Waals surface area (Å²) in [6.45, 7) is 2.43. The normalized spacial score (nSPS) is 16.0. The van der Waals surface area contributed by atoms with Gasteiger partial charge in [0.2, 0.25) is 5.13 Å². The lowest BCUT2D eigenvalue weighted by Gasteiger charge is -2.22. The second kappa shape index (κ2) is 13.2. The van der Waals surface area contributed by atoms with Crippen molar-refractivity contribution >= 4 is 61.6 Å². The van der Waals surface area contributed by atoms with Gasteiger partial charge in [-0.15, -0.1) is 10.2 Å². The Labute approximate surface area is 271 Å². The number of carbonyl (C=O) groups excluding carboxylic acids is 2. The van der Waals surface area contributed by atoms with Crippen molar-refractivity contribution in [3.05, 3.63) is 141 Å². The van der Waals surface area contributed by atoms with Crippen molar-refractivity contribution in [3.8, 4) is 5.75 Å². The third kappa shape index (κ3) is 6.33. The molecule has 0 saturated carbocycles. The van der Waals surface area contributed by atoms with E-state index in [1.807, 2.05) is 85.8 Å². The number of aliphatic hydroxyl groups excluding tert-OH is 1. The molecule has 4 aromatic carbocycles. The lowest BCUT2D eigenvalue weighted by atomic mass is 9.95. The molecule has 2 heterocycles. The number of rotatable bonds is 9. The standard InChI is InChI=1S/C34H26BrN3O4S2/c1-21-7-5-6-10-25(21)19-42-27-17-13-24(14-18-27)30(39)28-29(23-11-15-26(35)16-12-23)38(32(41)31(28)40)33-36-37-34(44-33)43-20-22-8-3-2-4-9-22/h2-18,29,39H,19-20H2,1H3. The fourth-order valence-corrected chi connectivity index (χ4v) is 6.95. The van der Waals surface area contributed by atoms with Crippen molar-refractivity contribution in [2.45, 2.75) is 29.7 Å². The summed E-state index contributed by atoms with van der Waals surface area (Å²) in [7, 11) is 0. The Morgan fingerprint density at radius 3 is 2.36 bits per heavy atom. The van der Waals surface area contributed by atoms with Gasteiger partial charge >= 0.3 is 5.91 Å². The zero-order valence-corrected chi connectivity index (χ0v) is 26.7. The van der Waals surface area contributed by atoms with Crippen LogP contribution < -0.4 is 9.64 Å². The molecular formula is C34H26BrN3O4S2. The Hall–Kier alpha value is -4.25. The fraction of sp³-hybridized carbons (Fsp3) is 0.118. The van der Waals surface area contributed by atoms with Gasteiger partial charge in [-0.05, 0) is 65.6 Å². The molecule has 1 aliphatic heterocycles. The topological polar surface area (TPSA) is 92.6 Å². The Morgan fingerprint density at radius 1 is 0.932 bits per heavy atom. The first-order chi connectivity index (χ1) is 21.4. The summed E-state index contributed by atoms with van der Waals surface area (Å²) < 4.78 is 7.46. The van der Waals surface area contributed by atoms with E-state index in [-0.39, 0.29) is 16.5 Å². The van der Waals surface area contributed by atoms with E-state index in [1.54, 1.807) is 24.3 Å². The van der Waals surface area contributed by atoms with Crippen molar-refractivity contribution in [3.63, 3.8) is 0 Å². The Balaban J connectivity index is 1.30. The molecule has 1 unspecified atom stereocenters. The average Bonchev–Trinajstić information content (AvgIpc) is 3.62. The molecule has 0 radical (unpaired) electrons. The number of thioether (sulfide) groups is 1. The first-order valence-electron chi connectivity index (χ1n) is 13.7. The van der Waals surface area contributed by atoms with Crippen molar-refractivity contribution < 1.29 is 19.4 Å². The van der Waals surface area contributed by atoms with Gasteiger partial charge in [-0.3, -0.25) is 14.5 Å². The quantitative estimate of drug-likeness (QED) is 0.0552. The van der Waals surface area contributed by atoms with Crippen LogP contribution in [0.15, 0.2) is 118 Å². The SMILES string of the molecule is Cc1ccccc1COc1ccc(C(O)=C2C(=O)C(=O)N(c3nnc(SCc4ccccc4)s3)C2c2ccc(Br)cc2)cc1. The van der Waals surface area contributed by atoms with E-state index in [0.717, 1.165) is 21.2 Å². The molecular weight excluding hydrogens is 658 g/mol. The highest BCUT2D eigenvalue weighted by Gasteiger charge is 2.48. The lowest BCUT2D eigenvalue weighted by Crippen LogP contribution is -2.29. The highest BCUT2D eigenvalue weighted by Crippen LogP contribution is 2.44. The summed E-state index contributed by atoms with van der Waals surface area (Å²) in [6, 6.07) is 31.2. The van der Waals surface area contributed by atoms with Crippen LogP contribution in [0.3, 0.4) is 0 Å². The van der Waals surface area contributed by atoms with Crippen molar-refractivity contribution in [2.75, 3.05) is 4.90 Å². The van der Waals surface area contributed by atoms with Gasteiger partial charge in [-0.25, -0.2) is 0 Å². The predicted octanol–water partition coefficient (Wildman–Crippen LogP) is 8.11. The monoisotopic (exact) mass is 683 g/mol. The Kier molecular flexibility index (Phi) is 8.92. The van der Waals surface area contributed by atoms with Crippen LogP contribution in [-0.2, 0) is 21.9 Å². The first kappa shape index (κ1) is 29.8. The number of carbonyl (C=O) groups is 2. The van der Waals surface area contributed by atoms with E-state index in [4.69, 9.17) is 4.74 Å². The molecule has 1 aliphatic rings. The van der Waals surface area contributed by atoms with Crippen molar-refractivity contribution in [2.24, 2.45) is 0 Å². The van der Waals surface area contributed by atoms with Crippen LogP contribution >= 0.6 is 39.0 Å². The number of benzene rings is 4. The van der Waals surface area contributed by atoms with Gasteiger partial charge in [0, 0.05) is 15.8 Å². The molecule has 5 aromatic rings. The molecule has 0 bridgehead atoms. The number of hydrogen-bond donors (Lipinski definition) is 1. The molecule has 10 heteroatoms. The minimum Gasteiger partial charge on any atom is -0.507 e. The Morgan fingerprint density at radius 2 is 1.64 bits per heavy atom. The van der Waals surface area contributed by atoms with Crippen LogP contribution in [0.4, 0.5) is 5.13 Å². The Bertz CT molecular complexity index is 1840. The summed E-state index contributed by atoms with van der Waals surface area (Å²) in [5.41, 5.74) is 4.38. The molecule has 1 saturated heterocycles. The van der Waals surface area contributed by atoms with E-state index in [1.165, 1.54) is 28.0 Å². The van der Waals surface area contributed by atoms with Gasteiger partial charge in [-0.1, -0.05) is 106 Å². The summed E-state index contributed by atoms with van der Waals surface area (Å²) in [4.78, 5) is 28.4. The van der Waals surface area contributed by atoms with Gasteiger partial charge in [0.05, 0.1) is 11.6 Å². The number of aryl methyl sites for hydroxylation is 1. The molecule has 0 spiro atoms. The van der Waals surface area contributed by atoms with Gasteiger partial charge in [0.25, 0.3) is 5.78 Å². The molecule has 1 N–H and O–H groups in total. The second-order valence-corrected chi connectivity index (χ2v) is 13.2. The maximum atomic E-state index is 13.5. The number of amides is 1. The maximum absolute atomic E-state index is 13.5. The zero-order chi connectivity index (χ0) is 30.6. The van der Waals surface area contributed by atoms with Gasteiger partial charge < -0.3 is 9.84 Å². The van der Waals surface area contributed by atoms with Crippen LogP contribution in [0.2, 0.25) is 0 Å². The molecule has 6 rings (SSSR count). The van der Waals surface area contributed by atoms with Crippen LogP contribution in [0.5, 0.6) is 5.75 Å². The molecule has 1 aromatic heterocycles. The average molecular weight is 685 g/mol. The molecule has 0 aliphatic carbocycles. The molecule has 7 nitrogen and oxygen atoms in total. The molecule has 1 fully saturated rings. The number of nitrogens with zero attached hydrogens (tertiary/aromatic N) is 3. The fourth-order valence-electron chi connectivity index (χ4n) is 4.87. The lowest BCUT2D eigenvalue weighted by molar-refractivity contribution is -0.132. The van der Waals surface area contributed by atoms with Gasteiger partial charge in [-0.2, -0.15) is 0 Å². The number of anilines is 1. The summed E-state index contributed by atoms with van der Waals surface area (Å²) in [5, 5.41) is 20.4. The highest BCUT2D eigenvalue weighted by molar-refractivity contribution is 9.10. The number of aliphatic hydroxyl groups is 1. The first-order valence-corrected chi connectivity index (χ1v) is 16.3. The third-order valence-corrected chi connectivity index (χ3v) is 9.88. The largest absolute Gasteiger partial charge is 0.507 e. The summed E-state index contributed by atoms with van der Waals surface area (Å²) in [5.74, 6) is -0.524. The van der Waals surface area contributed by atoms with E-state index in [2.05, 4.69) is 26.1 Å². The number of aromatic nitrogens is 2. The summed E-state index contributed by atoms with van der Waals surface area (Å²) in [6.07, 6.45) is 0. The number of halogens is 1. The number of ether oxygens (including phenoxy) is 1. The smallest absolute Gasteiger partial charge is 0.301 e. The zero-order valence-electron chi connectivity index (χ0n) is 23.5. The van der Waals surface area contributed by atoms with Crippen molar-refractivity contribution in [1.82, 2.24) is 10.2 Å². The molecule has 44 heavy (non-hydrogen) atoms. The third-order valence-electron chi connectivity index (χ3n) is 7.22. The predicted molar refractivity (Wildman–Crippen MR) is 177 cm³/mol. The minimum absolute atomic E-state index is 0.0143. The minimum atomic E-state index is -0.889. The summed E-state index contributed by atoms with van der Waals surface area (Å²) >= 11 is 6.19. The van der Waals surface area contributed by atoms with Crippen LogP contribution in [-0.4, -0.2) is 27.0 Å². The highest BCUT2D eigenvalue weighted by atomic mass is 79.9. The van der Waals surface area contributed by atoms with Crippen LogP contribution in [0.25, 0.3) is 5.76 Å². The molecule has 220 valence electrons. The van der Waals surface area contributed by atoms with E-state index in [0.29, 0.717) is 33.6 Å². The number of hydrogen-bond acceptors (Lipinski definition) is 8. The second-order valence-electron chi connectivity index (χ2n) is 10.1. The maximum Gasteiger partial charge on any atom is 0.301 e. The number of ketones is 1.